The fourth-order valence-electron chi connectivity index (χ4n) is 3.02. The molecule has 3 rings (SSSR count). The first-order valence-electron chi connectivity index (χ1n) is 8.92. The van der Waals surface area contributed by atoms with Gasteiger partial charge in [-0.25, -0.2) is 0 Å². The van der Waals surface area contributed by atoms with Gasteiger partial charge in [0.05, 0.1) is 10.8 Å². The van der Waals surface area contributed by atoms with E-state index < -0.39 is 29.3 Å². The van der Waals surface area contributed by atoms with Gasteiger partial charge in [-0.2, -0.15) is 0 Å². The van der Waals surface area contributed by atoms with E-state index in [1.54, 1.807) is 12.1 Å². The minimum absolute atomic E-state index is 0.0464. The Bertz CT molecular complexity index is 957. The third kappa shape index (κ3) is 4.75. The van der Waals surface area contributed by atoms with Crippen molar-refractivity contribution in [3.05, 3.63) is 64.2 Å². The molecule has 2 aromatic carbocycles. The number of non-ortho nitro benzene ring substituents is 1. The molecule has 150 valence electrons. The molecule has 0 spiro atoms. The highest BCUT2D eigenvalue weighted by atomic mass is 16.6. The van der Waals surface area contributed by atoms with Gasteiger partial charge in [0.2, 0.25) is 5.91 Å². The van der Waals surface area contributed by atoms with E-state index in [0.717, 1.165) is 5.56 Å². The van der Waals surface area contributed by atoms with Gasteiger partial charge in [0.25, 0.3) is 11.6 Å². The van der Waals surface area contributed by atoms with Crippen LogP contribution in [0.5, 0.6) is 0 Å². The molecule has 1 aliphatic heterocycles. The van der Waals surface area contributed by atoms with Crippen molar-refractivity contribution in [3.63, 3.8) is 0 Å². The van der Waals surface area contributed by atoms with Crippen LogP contribution in [0, 0.1) is 23.0 Å². The Labute approximate surface area is 166 Å². The molecule has 0 unspecified atom stereocenters. The lowest BCUT2D eigenvalue weighted by atomic mass is 10.1. The Hall–Kier alpha value is -3.75. The summed E-state index contributed by atoms with van der Waals surface area (Å²) >= 11 is 0. The van der Waals surface area contributed by atoms with Crippen LogP contribution in [0.15, 0.2) is 48.5 Å². The lowest BCUT2D eigenvalue weighted by molar-refractivity contribution is -0.384. The van der Waals surface area contributed by atoms with Crippen LogP contribution in [0.2, 0.25) is 0 Å². The minimum atomic E-state index is -0.705. The molecule has 0 aliphatic carbocycles. The molecule has 1 N–H and O–H groups in total. The van der Waals surface area contributed by atoms with Crippen LogP contribution in [-0.2, 0) is 19.1 Å². The molecule has 2 aromatic rings. The Balaban J connectivity index is 1.54. The van der Waals surface area contributed by atoms with Gasteiger partial charge in [0, 0.05) is 36.5 Å². The number of hydrogen-bond donors (Lipinski definition) is 1. The van der Waals surface area contributed by atoms with Gasteiger partial charge in [0.1, 0.15) is 0 Å². The number of nitro benzene ring substituents is 1. The maximum Gasteiger partial charge on any atom is 0.311 e. The molecular weight excluding hydrogens is 378 g/mol. The third-order valence-electron chi connectivity index (χ3n) is 4.60. The molecule has 0 radical (unpaired) electrons. The van der Waals surface area contributed by atoms with Crippen molar-refractivity contribution in [2.24, 2.45) is 5.92 Å². The molecule has 1 saturated heterocycles. The Kier molecular flexibility index (Phi) is 5.87. The van der Waals surface area contributed by atoms with Crippen LogP contribution in [0.25, 0.3) is 0 Å². The van der Waals surface area contributed by atoms with Gasteiger partial charge in [-0.05, 0) is 30.7 Å². The van der Waals surface area contributed by atoms with Crippen molar-refractivity contribution < 1.29 is 24.0 Å². The van der Waals surface area contributed by atoms with Crippen LogP contribution in [0.4, 0.5) is 17.1 Å². The number of esters is 1. The van der Waals surface area contributed by atoms with E-state index in [0.29, 0.717) is 11.4 Å². The van der Waals surface area contributed by atoms with Crippen LogP contribution in [0.3, 0.4) is 0 Å². The quantitative estimate of drug-likeness (QED) is 0.454. The second-order valence-corrected chi connectivity index (χ2v) is 6.65. The van der Waals surface area contributed by atoms with Gasteiger partial charge in [-0.15, -0.1) is 0 Å². The summed E-state index contributed by atoms with van der Waals surface area (Å²) in [6.45, 7) is 1.49. The highest BCUT2D eigenvalue weighted by Gasteiger charge is 2.36. The maximum atomic E-state index is 12.3. The number of carbonyl (C=O) groups excluding carboxylic acids is 3. The SMILES string of the molecule is Cc1ccccc1NC(=O)COC(=O)[C@@H]1CC(=O)N(c2ccc([N+](=O)[O-])cc2)C1. The van der Waals surface area contributed by atoms with Crippen molar-refractivity contribution in [2.75, 3.05) is 23.4 Å². The Morgan fingerprint density at radius 3 is 2.55 bits per heavy atom. The van der Waals surface area contributed by atoms with Gasteiger partial charge in [0.15, 0.2) is 6.61 Å². The smallest absolute Gasteiger partial charge is 0.311 e. The van der Waals surface area contributed by atoms with E-state index >= 15 is 0 Å². The molecule has 1 atom stereocenters. The standard InChI is InChI=1S/C20H19N3O6/c1-13-4-2-3-5-17(13)21-18(24)12-29-20(26)14-10-19(25)22(11-14)15-6-8-16(9-7-15)23(27)28/h2-9,14H,10-12H2,1H3,(H,21,24)/t14-/m1/s1. The van der Waals surface area contributed by atoms with Crippen LogP contribution in [-0.4, -0.2) is 35.9 Å². The average Bonchev–Trinajstić information content (AvgIpc) is 3.09. The fraction of sp³-hybridized carbons (Fsp3) is 0.250. The van der Waals surface area contributed by atoms with Crippen LogP contribution >= 0.6 is 0 Å². The number of carbonyl (C=O) groups is 3. The third-order valence-corrected chi connectivity index (χ3v) is 4.60. The predicted molar refractivity (Wildman–Crippen MR) is 104 cm³/mol. The predicted octanol–water partition coefficient (Wildman–Crippen LogP) is 2.44. The van der Waals surface area contributed by atoms with E-state index in [4.69, 9.17) is 4.74 Å². The molecular formula is C20H19N3O6. The lowest BCUT2D eigenvalue weighted by Gasteiger charge is -2.16. The molecule has 1 aliphatic rings. The number of ether oxygens (including phenoxy) is 1. The maximum absolute atomic E-state index is 12.3. The van der Waals surface area contributed by atoms with E-state index in [2.05, 4.69) is 5.32 Å². The van der Waals surface area contributed by atoms with Crippen molar-refractivity contribution >= 4 is 34.8 Å². The van der Waals surface area contributed by atoms with Gasteiger partial charge in [-0.1, -0.05) is 18.2 Å². The summed E-state index contributed by atoms with van der Waals surface area (Å²) in [7, 11) is 0. The largest absolute Gasteiger partial charge is 0.455 e. The summed E-state index contributed by atoms with van der Waals surface area (Å²) in [5.41, 5.74) is 1.89. The number of rotatable bonds is 6. The molecule has 1 heterocycles. The van der Waals surface area contributed by atoms with Crippen molar-refractivity contribution in [1.29, 1.82) is 0 Å². The fourth-order valence-corrected chi connectivity index (χ4v) is 3.02. The second-order valence-electron chi connectivity index (χ2n) is 6.65. The van der Waals surface area contributed by atoms with Crippen molar-refractivity contribution in [3.8, 4) is 0 Å². The summed E-state index contributed by atoms with van der Waals surface area (Å²) in [6.07, 6.45) is -0.0464. The number of anilines is 2. The van der Waals surface area contributed by atoms with Crippen molar-refractivity contribution in [1.82, 2.24) is 0 Å². The first-order chi connectivity index (χ1) is 13.8. The molecule has 9 heteroatoms. The van der Waals surface area contributed by atoms with Crippen LogP contribution in [0.1, 0.15) is 12.0 Å². The van der Waals surface area contributed by atoms with Gasteiger partial charge < -0.3 is 15.0 Å². The van der Waals surface area contributed by atoms with E-state index in [9.17, 15) is 24.5 Å². The zero-order chi connectivity index (χ0) is 21.0. The minimum Gasteiger partial charge on any atom is -0.455 e. The Morgan fingerprint density at radius 2 is 1.90 bits per heavy atom. The number of hydrogen-bond acceptors (Lipinski definition) is 6. The summed E-state index contributed by atoms with van der Waals surface area (Å²) in [4.78, 5) is 48.1. The molecule has 0 aromatic heterocycles. The number of para-hydroxylation sites is 1. The molecule has 0 bridgehead atoms. The highest BCUT2D eigenvalue weighted by Crippen LogP contribution is 2.27. The number of amides is 2. The first-order valence-corrected chi connectivity index (χ1v) is 8.92. The summed E-state index contributed by atoms with van der Waals surface area (Å²) in [5.74, 6) is -2.10. The van der Waals surface area contributed by atoms with E-state index in [1.807, 2.05) is 19.1 Å². The molecule has 0 saturated carbocycles. The monoisotopic (exact) mass is 397 g/mol. The number of nitrogens with one attached hydrogen (secondary N) is 1. The normalized spacial score (nSPS) is 15.8. The number of aryl methyl sites for hydroxylation is 1. The lowest BCUT2D eigenvalue weighted by Crippen LogP contribution is -2.28. The summed E-state index contributed by atoms with van der Waals surface area (Å²) < 4.78 is 5.06. The van der Waals surface area contributed by atoms with Crippen molar-refractivity contribution in [2.45, 2.75) is 13.3 Å². The zero-order valence-corrected chi connectivity index (χ0v) is 15.7. The number of nitrogens with zero attached hydrogens (tertiary/aromatic N) is 2. The molecule has 29 heavy (non-hydrogen) atoms. The average molecular weight is 397 g/mol. The number of benzene rings is 2. The van der Waals surface area contributed by atoms with E-state index in [1.165, 1.54) is 29.2 Å². The summed E-state index contributed by atoms with van der Waals surface area (Å²) in [5, 5.41) is 13.4. The molecule has 2 amide bonds. The van der Waals surface area contributed by atoms with Gasteiger partial charge in [-0.3, -0.25) is 24.5 Å². The van der Waals surface area contributed by atoms with E-state index in [-0.39, 0.29) is 24.6 Å². The molecule has 9 nitrogen and oxygen atoms in total. The zero-order valence-electron chi connectivity index (χ0n) is 15.7. The Morgan fingerprint density at radius 1 is 1.21 bits per heavy atom. The summed E-state index contributed by atoms with van der Waals surface area (Å²) in [6, 6.07) is 12.7. The first kappa shape index (κ1) is 20.0. The van der Waals surface area contributed by atoms with Crippen LogP contribution < -0.4 is 10.2 Å². The van der Waals surface area contributed by atoms with Gasteiger partial charge >= 0.3 is 5.97 Å². The molecule has 1 fully saturated rings. The number of nitro groups is 1. The topological polar surface area (TPSA) is 119 Å². The second kappa shape index (κ2) is 8.51. The highest BCUT2D eigenvalue weighted by molar-refractivity contribution is 6.00.